The Morgan fingerprint density at radius 3 is 2.63 bits per heavy atom. The van der Waals surface area contributed by atoms with Crippen LogP contribution < -0.4 is 4.72 Å². The minimum atomic E-state index is -1.26. The molecule has 0 aliphatic rings. The molecule has 0 saturated heterocycles. The number of benzene rings is 1. The third-order valence-electron chi connectivity index (χ3n) is 2.78. The molecule has 2 N–H and O–H groups in total. The van der Waals surface area contributed by atoms with Gasteiger partial charge in [-0.1, -0.05) is 18.2 Å². The molecule has 1 heterocycles. The van der Waals surface area contributed by atoms with Gasteiger partial charge in [0.05, 0.1) is 6.61 Å². The molecule has 0 aliphatic carbocycles. The van der Waals surface area contributed by atoms with Crippen molar-refractivity contribution < 1.29 is 14.1 Å². The first-order valence-electron chi connectivity index (χ1n) is 6.19. The van der Waals surface area contributed by atoms with Gasteiger partial charge in [0, 0.05) is 16.7 Å². The van der Waals surface area contributed by atoms with E-state index >= 15 is 0 Å². The Hall–Kier alpha value is -1.01. The van der Waals surface area contributed by atoms with Crippen LogP contribution in [0.2, 0.25) is 0 Å². The standard InChI is InChI=1S/C14H19NO3S/c1-14(2,3)19(17)15-11(9-16)13-8-10-6-4-5-7-12(10)18-13/h4-8,11,15-16H,9H2,1-3H3/t11-,19?/m1/s1. The molecule has 4 nitrogen and oxygen atoms in total. The molecule has 1 unspecified atom stereocenters. The van der Waals surface area contributed by atoms with Gasteiger partial charge >= 0.3 is 0 Å². The van der Waals surface area contributed by atoms with E-state index in [2.05, 4.69) is 4.72 Å². The van der Waals surface area contributed by atoms with E-state index in [0.29, 0.717) is 5.76 Å². The maximum atomic E-state index is 12.1. The van der Waals surface area contributed by atoms with Crippen molar-refractivity contribution in [3.63, 3.8) is 0 Å². The van der Waals surface area contributed by atoms with Gasteiger partial charge in [0.15, 0.2) is 0 Å². The largest absolute Gasteiger partial charge is 0.598 e. The number of furan rings is 1. The molecule has 0 fully saturated rings. The molecule has 0 radical (unpaired) electrons. The summed E-state index contributed by atoms with van der Waals surface area (Å²) in [6, 6.07) is 9.03. The summed E-state index contributed by atoms with van der Waals surface area (Å²) in [6.45, 7) is 5.47. The minimum Gasteiger partial charge on any atom is -0.598 e. The Balaban J connectivity index is 2.22. The van der Waals surface area contributed by atoms with Crippen LogP contribution in [0.1, 0.15) is 32.6 Å². The Labute approximate surface area is 116 Å². The van der Waals surface area contributed by atoms with Gasteiger partial charge in [0.25, 0.3) is 0 Å². The van der Waals surface area contributed by atoms with E-state index in [-0.39, 0.29) is 11.4 Å². The maximum Gasteiger partial charge on any atom is 0.136 e. The summed E-state index contributed by atoms with van der Waals surface area (Å²) in [5, 5.41) is 10.4. The van der Waals surface area contributed by atoms with Gasteiger partial charge in [0.2, 0.25) is 0 Å². The lowest BCUT2D eigenvalue weighted by atomic mass is 10.2. The molecule has 0 saturated carbocycles. The minimum absolute atomic E-state index is 0.165. The van der Waals surface area contributed by atoms with E-state index in [9.17, 15) is 9.66 Å². The average Bonchev–Trinajstić information content (AvgIpc) is 2.77. The van der Waals surface area contributed by atoms with Gasteiger partial charge in [0.1, 0.15) is 22.1 Å². The molecular weight excluding hydrogens is 262 g/mol. The normalized spacial score (nSPS) is 15.6. The van der Waals surface area contributed by atoms with E-state index in [1.165, 1.54) is 0 Å². The zero-order chi connectivity index (χ0) is 14.0. The number of hydrogen-bond acceptors (Lipinski definition) is 4. The zero-order valence-electron chi connectivity index (χ0n) is 11.3. The third-order valence-corrected chi connectivity index (χ3v) is 4.39. The van der Waals surface area contributed by atoms with Crippen molar-refractivity contribution in [3.8, 4) is 0 Å². The van der Waals surface area contributed by atoms with Crippen LogP contribution in [0.25, 0.3) is 11.0 Å². The lowest BCUT2D eigenvalue weighted by molar-refractivity contribution is 0.243. The highest BCUT2D eigenvalue weighted by atomic mass is 32.2. The van der Waals surface area contributed by atoms with Gasteiger partial charge in [-0.3, -0.25) is 0 Å². The van der Waals surface area contributed by atoms with Gasteiger partial charge in [-0.05, 0) is 32.9 Å². The Bertz CT molecular complexity index is 514. The lowest BCUT2D eigenvalue weighted by Crippen LogP contribution is -2.42. The summed E-state index contributed by atoms with van der Waals surface area (Å²) in [7, 11) is 0. The number of rotatable bonds is 4. The van der Waals surface area contributed by atoms with Crippen LogP contribution in [0.4, 0.5) is 0 Å². The number of para-hydroxylation sites is 1. The predicted octanol–water partition coefficient (Wildman–Crippen LogP) is 2.52. The smallest absolute Gasteiger partial charge is 0.136 e. The van der Waals surface area contributed by atoms with E-state index in [4.69, 9.17) is 4.42 Å². The predicted molar refractivity (Wildman–Crippen MR) is 77.1 cm³/mol. The van der Waals surface area contributed by atoms with Crippen molar-refractivity contribution in [2.45, 2.75) is 31.6 Å². The Morgan fingerprint density at radius 1 is 1.37 bits per heavy atom. The second-order valence-corrected chi connectivity index (χ2v) is 7.42. The van der Waals surface area contributed by atoms with Crippen LogP contribution >= 0.6 is 0 Å². The van der Waals surface area contributed by atoms with Crippen molar-refractivity contribution in [1.29, 1.82) is 0 Å². The molecule has 2 aromatic rings. The maximum absolute atomic E-state index is 12.1. The molecule has 1 aromatic carbocycles. The van der Waals surface area contributed by atoms with Crippen molar-refractivity contribution in [3.05, 3.63) is 36.1 Å². The molecule has 2 atom stereocenters. The van der Waals surface area contributed by atoms with E-state index in [1.54, 1.807) is 0 Å². The van der Waals surface area contributed by atoms with Crippen LogP contribution in [0.15, 0.2) is 34.7 Å². The molecule has 104 valence electrons. The van der Waals surface area contributed by atoms with E-state index in [0.717, 1.165) is 11.0 Å². The fourth-order valence-corrected chi connectivity index (χ4v) is 2.47. The molecule has 0 spiro atoms. The molecule has 5 heteroatoms. The highest BCUT2D eigenvalue weighted by molar-refractivity contribution is 7.90. The number of aliphatic hydroxyl groups excluding tert-OH is 1. The molecule has 0 aliphatic heterocycles. The number of aliphatic hydroxyl groups is 1. The van der Waals surface area contributed by atoms with E-state index in [1.807, 2.05) is 51.1 Å². The lowest BCUT2D eigenvalue weighted by Gasteiger charge is -2.26. The second kappa shape index (κ2) is 5.54. The quantitative estimate of drug-likeness (QED) is 0.845. The first-order valence-corrected chi connectivity index (χ1v) is 7.34. The molecule has 1 aromatic heterocycles. The van der Waals surface area contributed by atoms with Crippen molar-refractivity contribution in [1.82, 2.24) is 4.72 Å². The average molecular weight is 281 g/mol. The summed E-state index contributed by atoms with van der Waals surface area (Å²) in [5.74, 6) is 0.598. The molecular formula is C14H19NO3S. The summed E-state index contributed by atoms with van der Waals surface area (Å²) in [6.07, 6.45) is 0. The fourth-order valence-electron chi connectivity index (χ4n) is 1.67. The van der Waals surface area contributed by atoms with Crippen molar-refractivity contribution >= 4 is 22.3 Å². The monoisotopic (exact) mass is 281 g/mol. The van der Waals surface area contributed by atoms with Crippen molar-refractivity contribution in [2.24, 2.45) is 0 Å². The highest BCUT2D eigenvalue weighted by Gasteiger charge is 2.30. The molecule has 0 amide bonds. The first kappa shape index (κ1) is 14.4. The number of fused-ring (bicyclic) bond motifs is 1. The van der Waals surface area contributed by atoms with Crippen LogP contribution in [0.5, 0.6) is 0 Å². The number of hydrogen-bond donors (Lipinski definition) is 2. The van der Waals surface area contributed by atoms with Gasteiger partial charge in [-0.25, -0.2) is 0 Å². The highest BCUT2D eigenvalue weighted by Crippen LogP contribution is 2.25. The van der Waals surface area contributed by atoms with Crippen LogP contribution in [0.3, 0.4) is 0 Å². The van der Waals surface area contributed by atoms with Gasteiger partial charge in [-0.15, -0.1) is 4.72 Å². The Morgan fingerprint density at radius 2 is 2.05 bits per heavy atom. The van der Waals surface area contributed by atoms with Crippen molar-refractivity contribution in [2.75, 3.05) is 6.61 Å². The first-order chi connectivity index (χ1) is 8.91. The summed E-state index contributed by atoms with van der Waals surface area (Å²) in [4.78, 5) is 0. The molecule has 19 heavy (non-hydrogen) atoms. The third kappa shape index (κ3) is 3.30. The van der Waals surface area contributed by atoms with Gasteiger partial charge in [-0.2, -0.15) is 0 Å². The summed E-state index contributed by atoms with van der Waals surface area (Å²) < 4.78 is 20.3. The summed E-state index contributed by atoms with van der Waals surface area (Å²) >= 11 is -1.26. The fraction of sp³-hybridized carbons (Fsp3) is 0.429. The molecule has 2 rings (SSSR count). The second-order valence-electron chi connectivity index (χ2n) is 5.42. The van der Waals surface area contributed by atoms with Crippen LogP contribution in [-0.4, -0.2) is 21.0 Å². The molecule has 0 bridgehead atoms. The van der Waals surface area contributed by atoms with Crippen LogP contribution in [0, 0.1) is 0 Å². The topological polar surface area (TPSA) is 68.5 Å². The SMILES string of the molecule is CC(C)(C)[S+]([O-])N[C@H](CO)c1cc2ccccc2o1. The van der Waals surface area contributed by atoms with Gasteiger partial charge < -0.3 is 14.1 Å². The van der Waals surface area contributed by atoms with Crippen LogP contribution in [-0.2, 0) is 11.4 Å². The Kier molecular flexibility index (Phi) is 4.20. The van der Waals surface area contributed by atoms with E-state index < -0.39 is 17.4 Å². The zero-order valence-corrected chi connectivity index (χ0v) is 12.2. The summed E-state index contributed by atoms with van der Waals surface area (Å²) in [5.41, 5.74) is 0.763. The number of nitrogens with one attached hydrogen (secondary N) is 1.